The van der Waals surface area contributed by atoms with Gasteiger partial charge in [-0.2, -0.15) is 0 Å². The maximum absolute atomic E-state index is 11.5. The fourth-order valence-electron chi connectivity index (χ4n) is 1.72. The molecule has 106 valence electrons. The van der Waals surface area contributed by atoms with Crippen LogP contribution < -0.4 is 10.6 Å². The van der Waals surface area contributed by atoms with Gasteiger partial charge in [-0.3, -0.25) is 4.98 Å². The Bertz CT molecular complexity index is 615. The lowest BCUT2D eigenvalue weighted by atomic mass is 10.2. The summed E-state index contributed by atoms with van der Waals surface area (Å²) in [4.78, 5) is 15.6. The zero-order chi connectivity index (χ0) is 14.8. The van der Waals surface area contributed by atoms with Crippen LogP contribution in [0.1, 0.15) is 11.1 Å². The van der Waals surface area contributed by atoms with Crippen LogP contribution in [0.4, 0.5) is 4.79 Å². The summed E-state index contributed by atoms with van der Waals surface area (Å²) in [6.07, 6.45) is 4.29. The summed E-state index contributed by atoms with van der Waals surface area (Å²) in [5, 5.41) is 5.48. The zero-order valence-corrected chi connectivity index (χ0v) is 11.7. The first-order valence-electron chi connectivity index (χ1n) is 6.79. The molecule has 1 heterocycles. The molecule has 2 rings (SSSR count). The van der Waals surface area contributed by atoms with Crippen LogP contribution in [-0.2, 0) is 6.42 Å². The van der Waals surface area contributed by atoms with Crippen LogP contribution in [0.5, 0.6) is 0 Å². The van der Waals surface area contributed by atoms with E-state index in [0.717, 1.165) is 17.5 Å². The Balaban J connectivity index is 1.63. The van der Waals surface area contributed by atoms with Gasteiger partial charge in [-0.25, -0.2) is 4.79 Å². The lowest BCUT2D eigenvalue weighted by molar-refractivity contribution is 0.242. The number of amides is 2. The molecule has 2 N–H and O–H groups in total. The van der Waals surface area contributed by atoms with Crippen LogP contribution in [0.15, 0.2) is 54.9 Å². The standard InChI is InChI=1S/C17H17N3O/c21-17(20-13-10-16-9-4-11-18-14-16)19-12-5-8-15-6-2-1-3-7-15/h1-4,6-7,9,11,14H,10,12-13H2,(H2,19,20,21). The summed E-state index contributed by atoms with van der Waals surface area (Å²) in [7, 11) is 0. The molecule has 21 heavy (non-hydrogen) atoms. The Labute approximate surface area is 124 Å². The fraction of sp³-hybridized carbons (Fsp3) is 0.176. The Morgan fingerprint density at radius 1 is 1.10 bits per heavy atom. The van der Waals surface area contributed by atoms with E-state index in [1.807, 2.05) is 42.5 Å². The number of urea groups is 1. The Hall–Kier alpha value is -2.80. The van der Waals surface area contributed by atoms with E-state index in [-0.39, 0.29) is 6.03 Å². The largest absolute Gasteiger partial charge is 0.338 e. The van der Waals surface area contributed by atoms with Gasteiger partial charge in [0.2, 0.25) is 0 Å². The minimum Gasteiger partial charge on any atom is -0.338 e. The summed E-state index contributed by atoms with van der Waals surface area (Å²) in [5.74, 6) is 5.89. The topological polar surface area (TPSA) is 54.0 Å². The van der Waals surface area contributed by atoms with Gasteiger partial charge in [0, 0.05) is 24.5 Å². The van der Waals surface area contributed by atoms with Crippen molar-refractivity contribution in [2.24, 2.45) is 0 Å². The van der Waals surface area contributed by atoms with Crippen LogP contribution in [0, 0.1) is 11.8 Å². The van der Waals surface area contributed by atoms with Crippen LogP contribution >= 0.6 is 0 Å². The van der Waals surface area contributed by atoms with Gasteiger partial charge in [0.1, 0.15) is 0 Å². The number of hydrogen-bond donors (Lipinski definition) is 2. The highest BCUT2D eigenvalue weighted by atomic mass is 16.2. The minimum atomic E-state index is -0.207. The zero-order valence-electron chi connectivity index (χ0n) is 11.7. The number of rotatable bonds is 4. The van der Waals surface area contributed by atoms with Crippen molar-refractivity contribution in [3.63, 3.8) is 0 Å². The Kier molecular flexibility index (Phi) is 5.83. The minimum absolute atomic E-state index is 0.207. The van der Waals surface area contributed by atoms with Crippen molar-refractivity contribution in [2.75, 3.05) is 13.1 Å². The molecule has 0 aliphatic rings. The summed E-state index contributed by atoms with van der Waals surface area (Å²) in [5.41, 5.74) is 2.04. The SMILES string of the molecule is O=C(NCC#Cc1ccccc1)NCCc1cccnc1. The predicted molar refractivity (Wildman–Crippen MR) is 82.7 cm³/mol. The fourth-order valence-corrected chi connectivity index (χ4v) is 1.72. The lowest BCUT2D eigenvalue weighted by Crippen LogP contribution is -2.36. The predicted octanol–water partition coefficient (Wildman–Crippen LogP) is 1.98. The molecule has 0 fully saturated rings. The van der Waals surface area contributed by atoms with E-state index in [4.69, 9.17) is 0 Å². The van der Waals surface area contributed by atoms with E-state index >= 15 is 0 Å². The number of carbonyl (C=O) groups excluding carboxylic acids is 1. The highest BCUT2D eigenvalue weighted by Gasteiger charge is 1.97. The van der Waals surface area contributed by atoms with Crippen LogP contribution in [0.2, 0.25) is 0 Å². The molecule has 4 nitrogen and oxygen atoms in total. The number of nitrogens with zero attached hydrogens (tertiary/aromatic N) is 1. The van der Waals surface area contributed by atoms with Crippen LogP contribution in [0.3, 0.4) is 0 Å². The smallest absolute Gasteiger partial charge is 0.315 e. The van der Waals surface area contributed by atoms with Crippen molar-refractivity contribution in [3.8, 4) is 11.8 Å². The monoisotopic (exact) mass is 279 g/mol. The molecular weight excluding hydrogens is 262 g/mol. The number of carbonyl (C=O) groups is 1. The maximum atomic E-state index is 11.5. The van der Waals surface area contributed by atoms with Crippen LogP contribution in [0.25, 0.3) is 0 Å². The van der Waals surface area contributed by atoms with Crippen molar-refractivity contribution in [1.82, 2.24) is 15.6 Å². The third-order valence-electron chi connectivity index (χ3n) is 2.77. The summed E-state index contributed by atoms with van der Waals surface area (Å²) in [6, 6.07) is 13.3. The van der Waals surface area contributed by atoms with E-state index < -0.39 is 0 Å². The van der Waals surface area contributed by atoms with Gasteiger partial charge in [0.25, 0.3) is 0 Å². The Morgan fingerprint density at radius 2 is 1.95 bits per heavy atom. The highest BCUT2D eigenvalue weighted by molar-refractivity contribution is 5.74. The second kappa shape index (κ2) is 8.39. The molecule has 0 radical (unpaired) electrons. The van der Waals surface area contributed by atoms with E-state index in [1.54, 1.807) is 12.4 Å². The Morgan fingerprint density at radius 3 is 2.71 bits per heavy atom. The number of nitrogens with one attached hydrogen (secondary N) is 2. The molecule has 0 bridgehead atoms. The molecule has 1 aromatic heterocycles. The van der Waals surface area contributed by atoms with Crippen molar-refractivity contribution in [2.45, 2.75) is 6.42 Å². The van der Waals surface area contributed by atoms with E-state index in [9.17, 15) is 4.79 Å². The third kappa shape index (κ3) is 5.79. The van der Waals surface area contributed by atoms with E-state index in [1.165, 1.54) is 0 Å². The first-order valence-corrected chi connectivity index (χ1v) is 6.79. The molecule has 0 saturated carbocycles. The quantitative estimate of drug-likeness (QED) is 0.841. The molecule has 2 aromatic rings. The normalized spacial score (nSPS) is 9.33. The van der Waals surface area contributed by atoms with Crippen LogP contribution in [-0.4, -0.2) is 24.1 Å². The molecule has 1 aromatic carbocycles. The van der Waals surface area contributed by atoms with E-state index in [2.05, 4.69) is 27.5 Å². The number of aromatic nitrogens is 1. The second-order valence-corrected chi connectivity index (χ2v) is 4.39. The first kappa shape index (κ1) is 14.6. The molecule has 0 spiro atoms. The van der Waals surface area contributed by atoms with Crippen molar-refractivity contribution >= 4 is 6.03 Å². The molecule has 0 atom stereocenters. The molecule has 0 aliphatic heterocycles. The van der Waals surface area contributed by atoms with Gasteiger partial charge in [0.05, 0.1) is 6.54 Å². The van der Waals surface area contributed by atoms with Crippen molar-refractivity contribution in [1.29, 1.82) is 0 Å². The molecular formula is C17H17N3O. The molecule has 4 heteroatoms. The maximum Gasteiger partial charge on any atom is 0.315 e. The van der Waals surface area contributed by atoms with Gasteiger partial charge in [-0.1, -0.05) is 36.1 Å². The van der Waals surface area contributed by atoms with Gasteiger partial charge < -0.3 is 10.6 Å². The van der Waals surface area contributed by atoms with E-state index in [0.29, 0.717) is 13.1 Å². The summed E-state index contributed by atoms with van der Waals surface area (Å²) < 4.78 is 0. The van der Waals surface area contributed by atoms with Gasteiger partial charge in [0.15, 0.2) is 0 Å². The third-order valence-corrected chi connectivity index (χ3v) is 2.77. The van der Waals surface area contributed by atoms with Gasteiger partial charge >= 0.3 is 6.03 Å². The van der Waals surface area contributed by atoms with Crippen molar-refractivity contribution < 1.29 is 4.79 Å². The van der Waals surface area contributed by atoms with Gasteiger partial charge in [-0.15, -0.1) is 0 Å². The number of hydrogen-bond acceptors (Lipinski definition) is 2. The molecule has 0 saturated heterocycles. The number of pyridine rings is 1. The molecule has 2 amide bonds. The second-order valence-electron chi connectivity index (χ2n) is 4.39. The number of benzene rings is 1. The summed E-state index contributed by atoms with van der Waals surface area (Å²) in [6.45, 7) is 0.900. The first-order chi connectivity index (χ1) is 10.3. The average Bonchev–Trinajstić information content (AvgIpc) is 2.54. The highest BCUT2D eigenvalue weighted by Crippen LogP contribution is 1.95. The summed E-state index contributed by atoms with van der Waals surface area (Å²) >= 11 is 0. The molecule has 0 aliphatic carbocycles. The lowest BCUT2D eigenvalue weighted by Gasteiger charge is -2.04. The van der Waals surface area contributed by atoms with Crippen molar-refractivity contribution in [3.05, 3.63) is 66.0 Å². The van der Waals surface area contributed by atoms with Gasteiger partial charge in [-0.05, 0) is 30.2 Å². The molecule has 0 unspecified atom stereocenters. The average molecular weight is 279 g/mol.